The van der Waals surface area contributed by atoms with Crippen LogP contribution < -0.4 is 0 Å². The molecule has 0 radical (unpaired) electrons. The van der Waals surface area contributed by atoms with Crippen molar-refractivity contribution in [3.8, 4) is 0 Å². The van der Waals surface area contributed by atoms with E-state index in [0.717, 1.165) is 5.57 Å². The summed E-state index contributed by atoms with van der Waals surface area (Å²) < 4.78 is 14.4. The highest BCUT2D eigenvalue weighted by atomic mass is 16.7. The number of ether oxygens (including phenoxy) is 3. The van der Waals surface area contributed by atoms with E-state index in [-0.39, 0.29) is 6.79 Å². The predicted molar refractivity (Wildman–Crippen MR) is 47.1 cm³/mol. The van der Waals surface area contributed by atoms with Crippen LogP contribution in [0.4, 0.5) is 0 Å². The molecular weight excluding hydrogens is 156 g/mol. The van der Waals surface area contributed by atoms with Crippen molar-refractivity contribution >= 4 is 0 Å². The molecule has 3 heteroatoms. The molecule has 0 heterocycles. The van der Waals surface area contributed by atoms with Crippen LogP contribution in [0.15, 0.2) is 37.0 Å². The van der Waals surface area contributed by atoms with E-state index >= 15 is 0 Å². The topological polar surface area (TPSA) is 27.7 Å². The molecule has 0 unspecified atom stereocenters. The molecule has 0 aromatic heterocycles. The first-order valence-corrected chi connectivity index (χ1v) is 3.50. The highest BCUT2D eigenvalue weighted by molar-refractivity contribution is 5.08. The molecule has 12 heavy (non-hydrogen) atoms. The van der Waals surface area contributed by atoms with E-state index in [2.05, 4.69) is 11.3 Å². The van der Waals surface area contributed by atoms with Gasteiger partial charge in [-0.3, -0.25) is 0 Å². The molecule has 3 nitrogen and oxygen atoms in total. The number of methoxy groups -OCH3 is 1. The molecule has 0 atom stereocenters. The summed E-state index contributed by atoms with van der Waals surface area (Å²) in [6.07, 6.45) is 6.12. The summed E-state index contributed by atoms with van der Waals surface area (Å²) in [4.78, 5) is 0. The normalized spacial score (nSPS) is 10.5. The lowest BCUT2D eigenvalue weighted by Crippen LogP contribution is -1.88. The van der Waals surface area contributed by atoms with Gasteiger partial charge in [0, 0.05) is 0 Å². The number of hydrogen-bond donors (Lipinski definition) is 0. The van der Waals surface area contributed by atoms with Gasteiger partial charge < -0.3 is 14.2 Å². The quantitative estimate of drug-likeness (QED) is 0.264. The lowest BCUT2D eigenvalue weighted by molar-refractivity contribution is 0.0420. The molecule has 0 aromatic carbocycles. The zero-order chi connectivity index (χ0) is 9.23. The van der Waals surface area contributed by atoms with Crippen molar-refractivity contribution in [3.05, 3.63) is 37.0 Å². The lowest BCUT2D eigenvalue weighted by Gasteiger charge is -1.98. The molecule has 0 aliphatic carbocycles. The number of hydrogen-bond acceptors (Lipinski definition) is 3. The fourth-order valence-electron chi connectivity index (χ4n) is 0.377. The van der Waals surface area contributed by atoms with Crippen molar-refractivity contribution in [2.45, 2.75) is 6.92 Å². The van der Waals surface area contributed by atoms with Crippen LogP contribution in [0.1, 0.15) is 6.92 Å². The summed E-state index contributed by atoms with van der Waals surface area (Å²) in [6, 6.07) is 0. The van der Waals surface area contributed by atoms with Crippen molar-refractivity contribution in [2.75, 3.05) is 13.9 Å². The Morgan fingerprint density at radius 3 is 2.50 bits per heavy atom. The van der Waals surface area contributed by atoms with Gasteiger partial charge in [0.05, 0.1) is 13.4 Å². The molecule has 0 amide bonds. The monoisotopic (exact) mass is 170 g/mol. The molecule has 0 saturated heterocycles. The average molecular weight is 170 g/mol. The Morgan fingerprint density at radius 2 is 1.92 bits per heavy atom. The van der Waals surface area contributed by atoms with E-state index < -0.39 is 0 Å². The first-order chi connectivity index (χ1) is 5.77. The molecule has 0 bridgehead atoms. The van der Waals surface area contributed by atoms with Gasteiger partial charge in [0.25, 0.3) is 0 Å². The van der Waals surface area contributed by atoms with Crippen LogP contribution in [0.25, 0.3) is 0 Å². The molecule has 0 aliphatic heterocycles. The average Bonchev–Trinajstić information content (AvgIpc) is 2.02. The summed E-state index contributed by atoms with van der Waals surface area (Å²) in [7, 11) is 1.54. The number of allylic oxidation sites excluding steroid dienone is 2. The molecule has 0 spiro atoms. The fraction of sp³-hybridized carbons (Fsp3) is 0.333. The Hall–Kier alpha value is -1.38. The van der Waals surface area contributed by atoms with Gasteiger partial charge in [0.1, 0.15) is 12.5 Å². The highest BCUT2D eigenvalue weighted by Gasteiger charge is 1.77. The molecule has 0 rings (SSSR count). The molecule has 0 saturated carbocycles. The van der Waals surface area contributed by atoms with E-state index in [1.165, 1.54) is 18.8 Å². The van der Waals surface area contributed by atoms with E-state index in [0.29, 0.717) is 0 Å². The van der Waals surface area contributed by atoms with Gasteiger partial charge in [-0.2, -0.15) is 0 Å². The van der Waals surface area contributed by atoms with Crippen molar-refractivity contribution in [2.24, 2.45) is 0 Å². The summed E-state index contributed by atoms with van der Waals surface area (Å²) in [5, 5.41) is 0. The third-order valence-electron chi connectivity index (χ3n) is 0.873. The summed E-state index contributed by atoms with van der Waals surface area (Å²) in [5.74, 6) is 0. The van der Waals surface area contributed by atoms with Gasteiger partial charge in [0.2, 0.25) is 6.79 Å². The predicted octanol–water partition coefficient (Wildman–Crippen LogP) is 2.18. The minimum atomic E-state index is 0.170. The van der Waals surface area contributed by atoms with Crippen LogP contribution in [0.3, 0.4) is 0 Å². The van der Waals surface area contributed by atoms with Gasteiger partial charge in [-0.15, -0.1) is 0 Å². The van der Waals surface area contributed by atoms with Crippen LogP contribution in [0.5, 0.6) is 0 Å². The van der Waals surface area contributed by atoms with Crippen molar-refractivity contribution < 1.29 is 14.2 Å². The van der Waals surface area contributed by atoms with Gasteiger partial charge in [-0.1, -0.05) is 12.2 Å². The molecular formula is C9H14O3. The zero-order valence-electron chi connectivity index (χ0n) is 7.45. The summed E-state index contributed by atoms with van der Waals surface area (Å²) in [6.45, 7) is 5.71. The minimum Gasteiger partial charge on any atom is -0.501 e. The van der Waals surface area contributed by atoms with E-state index in [4.69, 9.17) is 9.47 Å². The lowest BCUT2D eigenvalue weighted by atomic mass is 10.4. The van der Waals surface area contributed by atoms with Crippen LogP contribution >= 0.6 is 0 Å². The zero-order valence-corrected chi connectivity index (χ0v) is 7.45. The third kappa shape index (κ3) is 8.62. The molecule has 0 aliphatic rings. The van der Waals surface area contributed by atoms with E-state index in [1.807, 2.05) is 6.92 Å². The first kappa shape index (κ1) is 10.6. The van der Waals surface area contributed by atoms with E-state index in [1.54, 1.807) is 13.2 Å². The smallest absolute Gasteiger partial charge is 0.229 e. The van der Waals surface area contributed by atoms with Crippen molar-refractivity contribution in [1.29, 1.82) is 0 Å². The largest absolute Gasteiger partial charge is 0.501 e. The Morgan fingerprint density at radius 1 is 1.25 bits per heavy atom. The Kier molecular flexibility index (Phi) is 6.84. The Balaban J connectivity index is 3.21. The van der Waals surface area contributed by atoms with Crippen molar-refractivity contribution in [3.63, 3.8) is 0 Å². The fourth-order valence-corrected chi connectivity index (χ4v) is 0.377. The second-order valence-corrected chi connectivity index (χ2v) is 2.11. The Bertz CT molecular complexity index is 171. The van der Waals surface area contributed by atoms with Crippen LogP contribution in [0, 0.1) is 0 Å². The van der Waals surface area contributed by atoms with Crippen molar-refractivity contribution in [1.82, 2.24) is 0 Å². The maximum Gasteiger partial charge on any atom is 0.229 e. The van der Waals surface area contributed by atoms with E-state index in [9.17, 15) is 0 Å². The van der Waals surface area contributed by atoms with Gasteiger partial charge in [-0.05, 0) is 13.0 Å². The van der Waals surface area contributed by atoms with Crippen LogP contribution in [0.2, 0.25) is 0 Å². The van der Waals surface area contributed by atoms with Crippen LogP contribution in [-0.2, 0) is 14.2 Å². The maximum absolute atomic E-state index is 4.92. The second-order valence-electron chi connectivity index (χ2n) is 2.11. The minimum absolute atomic E-state index is 0.170. The second kappa shape index (κ2) is 7.72. The maximum atomic E-state index is 4.92. The molecule has 0 N–H and O–H groups in total. The van der Waals surface area contributed by atoms with Gasteiger partial charge in [0.15, 0.2) is 0 Å². The summed E-state index contributed by atoms with van der Waals surface area (Å²) >= 11 is 0. The third-order valence-corrected chi connectivity index (χ3v) is 0.873. The van der Waals surface area contributed by atoms with Crippen LogP contribution in [-0.4, -0.2) is 13.9 Å². The summed E-state index contributed by atoms with van der Waals surface area (Å²) in [5.41, 5.74) is 0.933. The highest BCUT2D eigenvalue weighted by Crippen LogP contribution is 1.89. The molecule has 0 fully saturated rings. The molecule has 68 valence electrons. The van der Waals surface area contributed by atoms with Gasteiger partial charge >= 0.3 is 0 Å². The Labute approximate surface area is 72.9 Å². The first-order valence-electron chi connectivity index (χ1n) is 3.50. The van der Waals surface area contributed by atoms with Gasteiger partial charge in [-0.25, -0.2) is 0 Å². The standard InChI is InChI=1S/C9H14O3/c1-9(2)4-5-11-8-12-7-6-10-3/h4-7H,1,8H2,2-3H3. The SMILES string of the molecule is C=C(C)C=COCOC=COC. The molecule has 0 aromatic rings. The number of rotatable bonds is 6.